The highest BCUT2D eigenvalue weighted by molar-refractivity contribution is 7.13. The monoisotopic (exact) mass is 435 g/mol. The second-order valence-electron chi connectivity index (χ2n) is 7.71. The van der Waals surface area contributed by atoms with Crippen molar-refractivity contribution in [3.05, 3.63) is 36.1 Å². The molecule has 6 rings (SSSR count). The minimum atomic E-state index is 0.0804. The number of ether oxygens (including phenoxy) is 1. The average Bonchev–Trinajstić information content (AvgIpc) is 3.59. The number of hydrogen-bond donors (Lipinski definition) is 0. The third-order valence-electron chi connectivity index (χ3n) is 5.85. The van der Waals surface area contributed by atoms with E-state index in [2.05, 4.69) is 32.1 Å². The third-order valence-corrected chi connectivity index (χ3v) is 6.63. The molecule has 2 atom stereocenters. The van der Waals surface area contributed by atoms with Crippen molar-refractivity contribution in [1.29, 1.82) is 0 Å². The van der Waals surface area contributed by atoms with E-state index in [4.69, 9.17) is 14.7 Å². The molecule has 0 saturated carbocycles. The molecule has 2 aliphatic rings. The van der Waals surface area contributed by atoms with E-state index in [-0.39, 0.29) is 12.1 Å². The molecule has 0 radical (unpaired) electrons. The van der Waals surface area contributed by atoms with Gasteiger partial charge in [0.1, 0.15) is 22.7 Å². The van der Waals surface area contributed by atoms with E-state index in [9.17, 15) is 0 Å². The molecule has 4 aromatic heterocycles. The summed E-state index contributed by atoms with van der Waals surface area (Å²) in [5.41, 5.74) is 2.55. The number of aryl methyl sites for hydroxylation is 1. The predicted octanol–water partition coefficient (Wildman–Crippen LogP) is 2.64. The Hall–Kier alpha value is -3.18. The summed E-state index contributed by atoms with van der Waals surface area (Å²) in [7, 11) is 1.90. The first-order valence-electron chi connectivity index (χ1n) is 10.3. The third kappa shape index (κ3) is 2.87. The number of nitrogens with zero attached hydrogens (tertiary/aromatic N) is 9. The molecular weight excluding hydrogens is 414 g/mol. The summed E-state index contributed by atoms with van der Waals surface area (Å²) in [6.07, 6.45) is 9.19. The average molecular weight is 436 g/mol. The van der Waals surface area contributed by atoms with Crippen molar-refractivity contribution in [2.75, 3.05) is 18.1 Å². The van der Waals surface area contributed by atoms with E-state index in [1.54, 1.807) is 28.5 Å². The van der Waals surface area contributed by atoms with Crippen molar-refractivity contribution >= 4 is 17.2 Å². The lowest BCUT2D eigenvalue weighted by Gasteiger charge is -2.40. The molecule has 6 heterocycles. The first-order chi connectivity index (χ1) is 15.2. The minimum absolute atomic E-state index is 0.0804. The molecular formula is C20H21N9OS. The van der Waals surface area contributed by atoms with Crippen LogP contribution in [0, 0.1) is 0 Å². The summed E-state index contributed by atoms with van der Waals surface area (Å²) in [6, 6.07) is 0.320. The van der Waals surface area contributed by atoms with E-state index in [0.29, 0.717) is 12.4 Å². The zero-order chi connectivity index (χ0) is 20.9. The van der Waals surface area contributed by atoms with Crippen molar-refractivity contribution in [2.45, 2.75) is 31.8 Å². The van der Waals surface area contributed by atoms with Gasteiger partial charge in [0.25, 0.3) is 0 Å². The second-order valence-corrected chi connectivity index (χ2v) is 8.61. The number of hydrogen-bond acceptors (Lipinski definition) is 9. The normalized spacial score (nSPS) is 20.1. The first kappa shape index (κ1) is 18.6. The van der Waals surface area contributed by atoms with Crippen LogP contribution in [0.3, 0.4) is 0 Å². The van der Waals surface area contributed by atoms with Crippen LogP contribution in [0.1, 0.15) is 31.6 Å². The Labute approximate surface area is 182 Å². The lowest BCUT2D eigenvalue weighted by molar-refractivity contribution is 0.191. The maximum Gasteiger partial charge on any atom is 0.165 e. The fourth-order valence-electron chi connectivity index (χ4n) is 4.48. The van der Waals surface area contributed by atoms with Crippen LogP contribution in [0.15, 0.2) is 30.3 Å². The number of thiazole rings is 1. The summed E-state index contributed by atoms with van der Waals surface area (Å²) in [5, 5.41) is 16.0. The fourth-order valence-corrected chi connectivity index (χ4v) is 5.12. The smallest absolute Gasteiger partial charge is 0.165 e. The van der Waals surface area contributed by atoms with Gasteiger partial charge in [0.2, 0.25) is 0 Å². The van der Waals surface area contributed by atoms with Gasteiger partial charge in [0.05, 0.1) is 30.5 Å². The Bertz CT molecular complexity index is 1230. The summed E-state index contributed by atoms with van der Waals surface area (Å²) >= 11 is 1.55. The van der Waals surface area contributed by atoms with Gasteiger partial charge in [-0.3, -0.25) is 9.25 Å². The largest absolute Gasteiger partial charge is 0.379 e. The van der Waals surface area contributed by atoms with Crippen molar-refractivity contribution in [3.63, 3.8) is 0 Å². The van der Waals surface area contributed by atoms with Gasteiger partial charge in [-0.25, -0.2) is 15.0 Å². The summed E-state index contributed by atoms with van der Waals surface area (Å²) < 4.78 is 9.51. The van der Waals surface area contributed by atoms with Crippen LogP contribution < -0.4 is 4.90 Å². The van der Waals surface area contributed by atoms with Crippen LogP contribution in [0.5, 0.6) is 0 Å². The molecule has 10 nitrogen and oxygen atoms in total. The van der Waals surface area contributed by atoms with Gasteiger partial charge in [-0.15, -0.1) is 21.5 Å². The molecule has 2 aliphatic heterocycles. The molecule has 1 fully saturated rings. The van der Waals surface area contributed by atoms with Gasteiger partial charge in [-0.2, -0.15) is 5.10 Å². The molecule has 158 valence electrons. The summed E-state index contributed by atoms with van der Waals surface area (Å²) in [6.45, 7) is 3.61. The zero-order valence-electron chi connectivity index (χ0n) is 17.2. The van der Waals surface area contributed by atoms with Crippen LogP contribution in [-0.2, 0) is 11.8 Å². The van der Waals surface area contributed by atoms with Gasteiger partial charge in [-0.1, -0.05) is 6.92 Å². The van der Waals surface area contributed by atoms with Crippen LogP contribution >= 0.6 is 11.3 Å². The van der Waals surface area contributed by atoms with Gasteiger partial charge in [0.15, 0.2) is 17.5 Å². The van der Waals surface area contributed by atoms with E-state index in [1.807, 2.05) is 29.4 Å². The summed E-state index contributed by atoms with van der Waals surface area (Å²) in [4.78, 5) is 16.6. The molecule has 11 heteroatoms. The van der Waals surface area contributed by atoms with Crippen LogP contribution in [-0.4, -0.2) is 58.8 Å². The topological polar surface area (TPSA) is 99.7 Å². The maximum atomic E-state index is 5.73. The second kappa shape index (κ2) is 7.20. The maximum absolute atomic E-state index is 5.73. The molecule has 2 unspecified atom stereocenters. The number of anilines is 1. The Morgan fingerprint density at radius 3 is 3.00 bits per heavy atom. The fraction of sp³-hybridized carbons (Fsp3) is 0.400. The standard InChI is InChI=1S/C20H21N9OS/c1-3-14-19-25-23-11-28(19)15-8-22-17(24-18(15)29(14)12-4-6-30-10-12)13-9-27(2)26-16(13)20-21-5-7-31-20/h5,7-9,11-12,14H,3-4,6,10H2,1-2H3. The zero-order valence-corrected chi connectivity index (χ0v) is 18.0. The van der Waals surface area contributed by atoms with E-state index in [0.717, 1.165) is 53.0 Å². The molecule has 0 aromatic carbocycles. The lowest BCUT2D eigenvalue weighted by Crippen LogP contribution is -2.43. The van der Waals surface area contributed by atoms with E-state index < -0.39 is 0 Å². The highest BCUT2D eigenvalue weighted by atomic mass is 32.1. The number of aromatic nitrogens is 8. The Morgan fingerprint density at radius 2 is 2.23 bits per heavy atom. The van der Waals surface area contributed by atoms with Crippen molar-refractivity contribution in [3.8, 4) is 27.8 Å². The van der Waals surface area contributed by atoms with Gasteiger partial charge in [-0.05, 0) is 12.8 Å². The Balaban J connectivity index is 1.54. The highest BCUT2D eigenvalue weighted by Gasteiger charge is 2.39. The summed E-state index contributed by atoms with van der Waals surface area (Å²) in [5.74, 6) is 2.43. The number of rotatable bonds is 4. The molecule has 0 N–H and O–H groups in total. The molecule has 0 aliphatic carbocycles. The molecule has 1 saturated heterocycles. The van der Waals surface area contributed by atoms with Crippen LogP contribution in [0.4, 0.5) is 5.82 Å². The Morgan fingerprint density at radius 1 is 1.29 bits per heavy atom. The van der Waals surface area contributed by atoms with Crippen molar-refractivity contribution in [1.82, 2.24) is 39.5 Å². The van der Waals surface area contributed by atoms with Crippen LogP contribution in [0.25, 0.3) is 27.8 Å². The highest BCUT2D eigenvalue weighted by Crippen LogP contribution is 2.41. The van der Waals surface area contributed by atoms with Gasteiger partial charge < -0.3 is 9.64 Å². The van der Waals surface area contributed by atoms with Crippen LogP contribution in [0.2, 0.25) is 0 Å². The molecule has 0 spiro atoms. The molecule has 31 heavy (non-hydrogen) atoms. The Kier molecular flexibility index (Phi) is 4.32. The molecule has 0 amide bonds. The van der Waals surface area contributed by atoms with Crippen molar-refractivity contribution < 1.29 is 4.74 Å². The first-order valence-corrected chi connectivity index (χ1v) is 11.2. The van der Waals surface area contributed by atoms with E-state index in [1.165, 1.54) is 0 Å². The van der Waals surface area contributed by atoms with Crippen molar-refractivity contribution in [2.24, 2.45) is 7.05 Å². The van der Waals surface area contributed by atoms with Gasteiger partial charge >= 0.3 is 0 Å². The lowest BCUT2D eigenvalue weighted by atomic mass is 10.0. The van der Waals surface area contributed by atoms with Gasteiger partial charge in [0, 0.05) is 31.4 Å². The van der Waals surface area contributed by atoms with E-state index >= 15 is 0 Å². The number of fused-ring (bicyclic) bond motifs is 3. The quantitative estimate of drug-likeness (QED) is 0.482. The molecule has 4 aromatic rings. The minimum Gasteiger partial charge on any atom is -0.379 e. The SMILES string of the molecule is CCC1c2nncn2-c2cnc(-c3cn(C)nc3-c3nccs3)nc2N1C1CCOC1. The molecule has 0 bridgehead atoms. The predicted molar refractivity (Wildman–Crippen MR) is 115 cm³/mol.